The smallest absolute Gasteiger partial charge is 0.305 e. The molecule has 2 N–H and O–H groups in total. The van der Waals surface area contributed by atoms with Crippen molar-refractivity contribution in [3.05, 3.63) is 0 Å². The van der Waals surface area contributed by atoms with Gasteiger partial charge in [-0.15, -0.1) is 0 Å². The Bertz CT molecular complexity index is 195. The van der Waals surface area contributed by atoms with Gasteiger partial charge in [0, 0.05) is 19.6 Å². The minimum Gasteiger partial charge on any atom is -0.466 e. The molecule has 0 bridgehead atoms. The van der Waals surface area contributed by atoms with Crippen molar-refractivity contribution in [3.63, 3.8) is 0 Å². The van der Waals surface area contributed by atoms with E-state index in [1.54, 1.807) is 0 Å². The third-order valence-electron chi connectivity index (χ3n) is 3.10. The maximum atomic E-state index is 11.3. The fourth-order valence-corrected chi connectivity index (χ4v) is 1.91. The van der Waals surface area contributed by atoms with E-state index >= 15 is 0 Å². The van der Waals surface area contributed by atoms with Crippen molar-refractivity contribution in [1.29, 1.82) is 0 Å². The van der Waals surface area contributed by atoms with Crippen LogP contribution >= 0.6 is 0 Å². The summed E-state index contributed by atoms with van der Waals surface area (Å²) in [6.07, 6.45) is 10.6. The molecule has 0 aromatic carbocycles. The average Bonchev–Trinajstić information content (AvgIpc) is 2.42. The Kier molecular flexibility index (Phi) is 15.0. The highest BCUT2D eigenvalue weighted by atomic mass is 16.5. The van der Waals surface area contributed by atoms with Gasteiger partial charge in [0.15, 0.2) is 0 Å². The van der Waals surface area contributed by atoms with E-state index < -0.39 is 0 Å². The average molecular weight is 274 g/mol. The molecule has 0 aromatic rings. The third-order valence-corrected chi connectivity index (χ3v) is 3.10. The highest BCUT2D eigenvalue weighted by Gasteiger charge is 2.01. The van der Waals surface area contributed by atoms with E-state index in [4.69, 9.17) is 14.9 Å². The minimum atomic E-state index is -0.110. The van der Waals surface area contributed by atoms with Crippen LogP contribution in [0.4, 0.5) is 0 Å². The topological polar surface area (TPSA) is 66.8 Å². The van der Waals surface area contributed by atoms with E-state index in [1.807, 2.05) is 0 Å². The Morgan fingerprint density at radius 2 is 1.16 bits per heavy atom. The van der Waals surface area contributed by atoms with Crippen LogP contribution in [0.25, 0.3) is 0 Å². The quantitative estimate of drug-likeness (QED) is 0.377. The molecule has 0 spiro atoms. The zero-order valence-corrected chi connectivity index (χ0v) is 12.1. The molecule has 0 aliphatic carbocycles. The van der Waals surface area contributed by atoms with Gasteiger partial charge in [-0.25, -0.2) is 0 Å². The number of unbranched alkanes of at least 4 members (excludes halogenated alkanes) is 8. The van der Waals surface area contributed by atoms with Gasteiger partial charge in [0.05, 0.1) is 6.61 Å². The lowest BCUT2D eigenvalue weighted by molar-refractivity contribution is -0.143. The normalized spacial score (nSPS) is 10.6. The zero-order chi connectivity index (χ0) is 14.2. The number of rotatable bonds is 14. The predicted molar refractivity (Wildman–Crippen MR) is 75.9 cm³/mol. The van der Waals surface area contributed by atoms with E-state index in [0.717, 1.165) is 44.9 Å². The van der Waals surface area contributed by atoms with Crippen LogP contribution < -0.4 is 0 Å². The summed E-state index contributed by atoms with van der Waals surface area (Å²) in [6, 6.07) is 0. The molecule has 0 atom stereocenters. The summed E-state index contributed by atoms with van der Waals surface area (Å²) in [7, 11) is 0. The van der Waals surface area contributed by atoms with Crippen molar-refractivity contribution in [3.8, 4) is 0 Å². The van der Waals surface area contributed by atoms with Crippen LogP contribution in [0.1, 0.15) is 70.6 Å². The first-order chi connectivity index (χ1) is 9.31. The SMILES string of the molecule is O=C(CCCCCO)OCCCCCCCCCO. The predicted octanol–water partition coefficient (Wildman–Crippen LogP) is 2.81. The van der Waals surface area contributed by atoms with Gasteiger partial charge < -0.3 is 14.9 Å². The van der Waals surface area contributed by atoms with Crippen LogP contribution in [0, 0.1) is 0 Å². The van der Waals surface area contributed by atoms with E-state index in [9.17, 15) is 4.79 Å². The van der Waals surface area contributed by atoms with Crippen LogP contribution in [-0.4, -0.2) is 36.0 Å². The molecule has 0 amide bonds. The largest absolute Gasteiger partial charge is 0.466 e. The first-order valence-corrected chi connectivity index (χ1v) is 7.68. The summed E-state index contributed by atoms with van der Waals surface area (Å²) in [6.45, 7) is 1.04. The lowest BCUT2D eigenvalue weighted by Gasteiger charge is -2.05. The summed E-state index contributed by atoms with van der Waals surface area (Å²) in [5, 5.41) is 17.2. The maximum absolute atomic E-state index is 11.3. The van der Waals surface area contributed by atoms with Crippen molar-refractivity contribution in [2.24, 2.45) is 0 Å². The van der Waals surface area contributed by atoms with Gasteiger partial charge in [0.1, 0.15) is 0 Å². The molecule has 0 unspecified atom stereocenters. The van der Waals surface area contributed by atoms with E-state index in [0.29, 0.717) is 19.6 Å². The number of aliphatic hydroxyl groups excluding tert-OH is 2. The molecule has 0 aliphatic heterocycles. The van der Waals surface area contributed by atoms with Gasteiger partial charge >= 0.3 is 5.97 Å². The fourth-order valence-electron chi connectivity index (χ4n) is 1.91. The van der Waals surface area contributed by atoms with E-state index in [1.165, 1.54) is 19.3 Å². The van der Waals surface area contributed by atoms with Crippen molar-refractivity contribution in [2.45, 2.75) is 70.6 Å². The number of esters is 1. The number of carbonyl (C=O) groups excluding carboxylic acids is 1. The van der Waals surface area contributed by atoms with Gasteiger partial charge in [0.25, 0.3) is 0 Å². The van der Waals surface area contributed by atoms with Crippen LogP contribution in [0.2, 0.25) is 0 Å². The van der Waals surface area contributed by atoms with Crippen LogP contribution in [0.15, 0.2) is 0 Å². The molecule has 0 aliphatic rings. The third kappa shape index (κ3) is 15.3. The summed E-state index contributed by atoms with van der Waals surface area (Å²) in [4.78, 5) is 11.3. The second-order valence-electron chi connectivity index (χ2n) is 4.95. The zero-order valence-electron chi connectivity index (χ0n) is 12.1. The van der Waals surface area contributed by atoms with Crippen LogP contribution in [0.3, 0.4) is 0 Å². The van der Waals surface area contributed by atoms with Crippen molar-refractivity contribution in [1.82, 2.24) is 0 Å². The number of ether oxygens (including phenoxy) is 1. The number of hydrogen-bond donors (Lipinski definition) is 2. The molecule has 0 saturated carbocycles. The molecule has 114 valence electrons. The highest BCUT2D eigenvalue weighted by Crippen LogP contribution is 2.07. The Hall–Kier alpha value is -0.610. The lowest BCUT2D eigenvalue weighted by Crippen LogP contribution is -2.05. The monoisotopic (exact) mass is 274 g/mol. The Labute approximate surface area is 117 Å². The second kappa shape index (κ2) is 15.4. The molecular formula is C15H30O4. The van der Waals surface area contributed by atoms with Gasteiger partial charge in [-0.3, -0.25) is 4.79 Å². The van der Waals surface area contributed by atoms with E-state index in [-0.39, 0.29) is 12.6 Å². The lowest BCUT2D eigenvalue weighted by atomic mass is 10.1. The van der Waals surface area contributed by atoms with Gasteiger partial charge in [-0.2, -0.15) is 0 Å². The maximum Gasteiger partial charge on any atom is 0.305 e. The summed E-state index contributed by atoms with van der Waals surface area (Å²) in [5.41, 5.74) is 0. The summed E-state index contributed by atoms with van der Waals surface area (Å²) >= 11 is 0. The minimum absolute atomic E-state index is 0.110. The first-order valence-electron chi connectivity index (χ1n) is 7.68. The molecule has 4 nitrogen and oxygen atoms in total. The van der Waals surface area contributed by atoms with Crippen molar-refractivity contribution in [2.75, 3.05) is 19.8 Å². The highest BCUT2D eigenvalue weighted by molar-refractivity contribution is 5.69. The Morgan fingerprint density at radius 1 is 0.684 bits per heavy atom. The number of aliphatic hydroxyl groups is 2. The number of hydrogen-bond acceptors (Lipinski definition) is 4. The molecule has 0 rings (SSSR count). The molecular weight excluding hydrogens is 244 g/mol. The standard InChI is InChI=1S/C15H30O4/c16-12-8-4-2-1-3-5-10-14-19-15(18)11-7-6-9-13-17/h16-17H,1-14H2. The molecule has 0 saturated heterocycles. The molecule has 0 heterocycles. The molecule has 19 heavy (non-hydrogen) atoms. The van der Waals surface area contributed by atoms with Gasteiger partial charge in [-0.05, 0) is 25.7 Å². The number of carbonyl (C=O) groups is 1. The van der Waals surface area contributed by atoms with Gasteiger partial charge in [-0.1, -0.05) is 38.5 Å². The van der Waals surface area contributed by atoms with Crippen molar-refractivity contribution >= 4 is 5.97 Å². The van der Waals surface area contributed by atoms with Gasteiger partial charge in [0.2, 0.25) is 0 Å². The van der Waals surface area contributed by atoms with E-state index in [2.05, 4.69) is 0 Å². The van der Waals surface area contributed by atoms with Crippen molar-refractivity contribution < 1.29 is 19.7 Å². The summed E-state index contributed by atoms with van der Waals surface area (Å²) < 4.78 is 5.13. The second-order valence-corrected chi connectivity index (χ2v) is 4.95. The van der Waals surface area contributed by atoms with Crippen LogP contribution in [-0.2, 0) is 9.53 Å². The molecule has 0 fully saturated rings. The Balaban J connectivity index is 3.10. The summed E-state index contributed by atoms with van der Waals surface area (Å²) in [5.74, 6) is -0.110. The molecule has 4 heteroatoms. The molecule has 0 radical (unpaired) electrons. The fraction of sp³-hybridized carbons (Fsp3) is 0.933. The van der Waals surface area contributed by atoms with Crippen LogP contribution in [0.5, 0.6) is 0 Å². The Morgan fingerprint density at radius 3 is 1.74 bits per heavy atom. The molecule has 0 aromatic heterocycles. The first kappa shape index (κ1) is 18.4.